The van der Waals surface area contributed by atoms with Gasteiger partial charge in [-0.25, -0.2) is 8.42 Å². The highest BCUT2D eigenvalue weighted by Crippen LogP contribution is 2.26. The molecule has 1 amide bonds. The number of piperidine rings is 1. The summed E-state index contributed by atoms with van der Waals surface area (Å²) < 4.78 is 33.4. The minimum Gasteiger partial charge on any atom is -0.472 e. The first-order valence-corrected chi connectivity index (χ1v) is 10.1. The summed E-state index contributed by atoms with van der Waals surface area (Å²) in [4.78, 5) is 11.4. The molecule has 144 valence electrons. The molecule has 2 aromatic rings. The molecule has 0 saturated carbocycles. The number of anilines is 1. The Kier molecular flexibility index (Phi) is 5.71. The van der Waals surface area contributed by atoms with Gasteiger partial charge in [-0.05, 0) is 49.6 Å². The monoisotopic (exact) mass is 390 g/mol. The molecule has 27 heavy (non-hydrogen) atoms. The summed E-state index contributed by atoms with van der Waals surface area (Å²) in [6.07, 6.45) is 2.73. The number of aryl methyl sites for hydroxylation is 1. The first-order valence-electron chi connectivity index (χ1n) is 8.69. The average molecular weight is 390 g/mol. The molecule has 1 atom stereocenters. The van der Waals surface area contributed by atoms with Crippen LogP contribution in [0.4, 0.5) is 5.69 Å². The van der Waals surface area contributed by atoms with Gasteiger partial charge in [-0.2, -0.15) is 9.40 Å². The van der Waals surface area contributed by atoms with Crippen molar-refractivity contribution in [3.05, 3.63) is 42.1 Å². The predicted molar refractivity (Wildman–Crippen MR) is 99.9 cm³/mol. The van der Waals surface area contributed by atoms with E-state index < -0.39 is 10.0 Å². The van der Waals surface area contributed by atoms with Crippen molar-refractivity contribution < 1.29 is 17.9 Å². The van der Waals surface area contributed by atoms with Crippen molar-refractivity contribution in [1.82, 2.24) is 14.5 Å². The summed E-state index contributed by atoms with van der Waals surface area (Å²) in [6, 6.07) is 8.21. The molecule has 3 rings (SSSR count). The van der Waals surface area contributed by atoms with Gasteiger partial charge in [-0.15, -0.1) is 5.10 Å². The van der Waals surface area contributed by atoms with Crippen molar-refractivity contribution in [1.29, 1.82) is 0 Å². The van der Waals surface area contributed by atoms with Crippen molar-refractivity contribution in [2.45, 2.75) is 37.7 Å². The van der Waals surface area contributed by atoms with Crippen molar-refractivity contribution in [3.63, 3.8) is 0 Å². The van der Waals surface area contributed by atoms with Gasteiger partial charge in [-0.1, -0.05) is 0 Å². The van der Waals surface area contributed by atoms with Crippen molar-refractivity contribution in [2.24, 2.45) is 0 Å². The fourth-order valence-corrected chi connectivity index (χ4v) is 4.82. The van der Waals surface area contributed by atoms with E-state index in [1.165, 1.54) is 17.3 Å². The molecule has 1 saturated heterocycles. The van der Waals surface area contributed by atoms with E-state index in [2.05, 4.69) is 15.5 Å². The normalized spacial score (nSPS) is 18.1. The largest absolute Gasteiger partial charge is 0.472 e. The van der Waals surface area contributed by atoms with E-state index in [1.807, 2.05) is 0 Å². The van der Waals surface area contributed by atoms with E-state index in [1.54, 1.807) is 37.4 Å². The number of ether oxygens (including phenoxy) is 1. The van der Waals surface area contributed by atoms with Gasteiger partial charge in [0.25, 0.3) is 0 Å². The number of benzene rings is 1. The Morgan fingerprint density at radius 1 is 1.33 bits per heavy atom. The van der Waals surface area contributed by atoms with Crippen LogP contribution in [-0.2, 0) is 14.8 Å². The lowest BCUT2D eigenvalue weighted by Gasteiger charge is -2.32. The first-order chi connectivity index (χ1) is 12.9. The highest BCUT2D eigenvalue weighted by atomic mass is 32.2. The Hall–Kier alpha value is -2.52. The van der Waals surface area contributed by atoms with E-state index in [0.717, 1.165) is 6.42 Å². The van der Waals surface area contributed by atoms with Crippen LogP contribution in [0.25, 0.3) is 0 Å². The molecular weight excluding hydrogens is 368 g/mol. The summed E-state index contributed by atoms with van der Waals surface area (Å²) in [5, 5.41) is 10.3. The van der Waals surface area contributed by atoms with Crippen molar-refractivity contribution >= 4 is 21.6 Å². The standard InChI is InChI=1S/C18H22N4O4S/c1-13-11-15(20-14(2)23)7-8-17(13)27(24,25)22-10-4-5-16(12-22)26-18-6-3-9-19-21-18/h3,6-9,11,16H,4-5,10,12H2,1-2H3,(H,20,23). The summed E-state index contributed by atoms with van der Waals surface area (Å²) in [5.74, 6) is 0.183. The molecule has 0 bridgehead atoms. The smallest absolute Gasteiger partial charge is 0.243 e. The second-order valence-electron chi connectivity index (χ2n) is 6.47. The number of carbonyl (C=O) groups is 1. The maximum absolute atomic E-state index is 13.1. The van der Waals surface area contributed by atoms with E-state index in [4.69, 9.17) is 4.74 Å². The molecule has 1 N–H and O–H groups in total. The van der Waals surface area contributed by atoms with Crippen LogP contribution in [0.5, 0.6) is 5.88 Å². The number of hydrogen-bond acceptors (Lipinski definition) is 6. The molecule has 1 aromatic carbocycles. The Labute approximate surface area is 158 Å². The number of nitrogens with zero attached hydrogens (tertiary/aromatic N) is 3. The second-order valence-corrected chi connectivity index (χ2v) is 8.37. The minimum atomic E-state index is -3.66. The molecule has 1 aromatic heterocycles. The van der Waals surface area contributed by atoms with Crippen LogP contribution in [0, 0.1) is 6.92 Å². The number of amides is 1. The van der Waals surface area contributed by atoms with E-state index in [9.17, 15) is 13.2 Å². The van der Waals surface area contributed by atoms with Crippen LogP contribution < -0.4 is 10.1 Å². The fourth-order valence-electron chi connectivity index (χ4n) is 3.10. The highest BCUT2D eigenvalue weighted by Gasteiger charge is 2.32. The number of rotatable bonds is 5. The average Bonchev–Trinajstić information content (AvgIpc) is 2.62. The summed E-state index contributed by atoms with van der Waals surface area (Å²) in [6.45, 7) is 3.82. The topological polar surface area (TPSA) is 101 Å². The van der Waals surface area contributed by atoms with Gasteiger partial charge in [0.1, 0.15) is 6.10 Å². The van der Waals surface area contributed by atoms with E-state index in [-0.39, 0.29) is 23.5 Å². The molecule has 9 heteroatoms. The van der Waals surface area contributed by atoms with Gasteiger partial charge in [0.2, 0.25) is 21.8 Å². The third kappa shape index (κ3) is 4.61. The van der Waals surface area contributed by atoms with Gasteiger partial charge in [0.15, 0.2) is 0 Å². The van der Waals surface area contributed by atoms with Gasteiger partial charge >= 0.3 is 0 Å². The zero-order valence-electron chi connectivity index (χ0n) is 15.3. The Balaban J connectivity index is 1.77. The SMILES string of the molecule is CC(=O)Nc1ccc(S(=O)(=O)N2CCCC(Oc3cccnn3)C2)c(C)c1. The lowest BCUT2D eigenvalue weighted by molar-refractivity contribution is -0.114. The summed E-state index contributed by atoms with van der Waals surface area (Å²) >= 11 is 0. The number of aromatic nitrogens is 2. The zero-order valence-corrected chi connectivity index (χ0v) is 16.1. The molecule has 1 unspecified atom stereocenters. The maximum atomic E-state index is 13.1. The van der Waals surface area contributed by atoms with Crippen molar-refractivity contribution in [3.8, 4) is 5.88 Å². The lowest BCUT2D eigenvalue weighted by atomic mass is 10.1. The van der Waals surface area contributed by atoms with E-state index in [0.29, 0.717) is 30.1 Å². The van der Waals surface area contributed by atoms with Crippen LogP contribution >= 0.6 is 0 Å². The highest BCUT2D eigenvalue weighted by molar-refractivity contribution is 7.89. The number of sulfonamides is 1. The van der Waals surface area contributed by atoms with Gasteiger partial charge in [0.05, 0.1) is 11.4 Å². The molecular formula is C18H22N4O4S. The van der Waals surface area contributed by atoms with E-state index >= 15 is 0 Å². The van der Waals surface area contributed by atoms with Crippen LogP contribution in [0.3, 0.4) is 0 Å². The molecule has 8 nitrogen and oxygen atoms in total. The Bertz CT molecular complexity index is 918. The number of nitrogens with one attached hydrogen (secondary N) is 1. The van der Waals surface area contributed by atoms with Crippen LogP contribution in [0.15, 0.2) is 41.4 Å². The Morgan fingerprint density at radius 2 is 2.15 bits per heavy atom. The second kappa shape index (κ2) is 8.01. The molecule has 1 fully saturated rings. The molecule has 1 aliphatic heterocycles. The third-order valence-corrected chi connectivity index (χ3v) is 6.31. The third-order valence-electron chi connectivity index (χ3n) is 4.29. The Morgan fingerprint density at radius 3 is 2.81 bits per heavy atom. The predicted octanol–water partition coefficient (Wildman–Crippen LogP) is 1.98. The number of carbonyl (C=O) groups excluding carboxylic acids is 1. The van der Waals surface area contributed by atoms with Gasteiger partial charge in [-0.3, -0.25) is 4.79 Å². The first kappa shape index (κ1) is 19.2. The number of hydrogen-bond donors (Lipinski definition) is 1. The van der Waals surface area contributed by atoms with Crippen molar-refractivity contribution in [2.75, 3.05) is 18.4 Å². The molecule has 2 heterocycles. The molecule has 0 spiro atoms. The van der Waals surface area contributed by atoms with Crippen LogP contribution in [-0.4, -0.2) is 48.0 Å². The molecule has 0 radical (unpaired) electrons. The fraction of sp³-hybridized carbons (Fsp3) is 0.389. The van der Waals surface area contributed by atoms with Gasteiger partial charge in [0, 0.05) is 31.4 Å². The van der Waals surface area contributed by atoms with Crippen LogP contribution in [0.1, 0.15) is 25.3 Å². The maximum Gasteiger partial charge on any atom is 0.243 e. The van der Waals surface area contributed by atoms with Gasteiger partial charge < -0.3 is 10.1 Å². The summed E-state index contributed by atoms with van der Waals surface area (Å²) in [5.41, 5.74) is 1.15. The summed E-state index contributed by atoms with van der Waals surface area (Å²) in [7, 11) is -3.66. The zero-order chi connectivity index (χ0) is 19.4. The molecule has 0 aliphatic carbocycles. The van der Waals surface area contributed by atoms with Crippen LogP contribution in [0.2, 0.25) is 0 Å². The quantitative estimate of drug-likeness (QED) is 0.838. The minimum absolute atomic E-state index is 0.204. The molecule has 1 aliphatic rings. The lowest BCUT2D eigenvalue weighted by Crippen LogP contribution is -2.44.